The molecule has 0 spiro atoms. The first-order valence-electron chi connectivity index (χ1n) is 27.2. The molecule has 0 bridgehead atoms. The van der Waals surface area contributed by atoms with E-state index in [1.165, 1.54) is 256 Å². The molecule has 2 rings (SSSR count). The Bertz CT molecular complexity index is 785. The van der Waals surface area contributed by atoms with Gasteiger partial charge in [0, 0.05) is 36.7 Å². The fraction of sp³-hybridized carbons (Fsp3) is 1.00. The summed E-state index contributed by atoms with van der Waals surface area (Å²) in [7, 11) is 9.19. The molecule has 0 heterocycles. The lowest BCUT2D eigenvalue weighted by atomic mass is 9.99. The van der Waals surface area contributed by atoms with Gasteiger partial charge in [-0.1, -0.05) is 255 Å². The van der Waals surface area contributed by atoms with Gasteiger partial charge >= 0.3 is 0 Å². The molecule has 346 valence electrons. The zero-order valence-electron chi connectivity index (χ0n) is 40.9. The lowest BCUT2D eigenvalue weighted by Gasteiger charge is -2.29. The van der Waals surface area contributed by atoms with Crippen molar-refractivity contribution in [3.63, 3.8) is 0 Å². The van der Waals surface area contributed by atoms with Crippen LogP contribution in [0.3, 0.4) is 0 Å². The standard InChI is InChI=1S/C54H108N2S2/c1-7-11-15-17-19-21-23-25-29-35-49-47-51(49)37-31-33-41-53(39-27-13-9-3)55(5)43-45-57-58-46-44-56(6)54(40-28-14-10-4)42-34-32-38-52-48-50(52)36-30-26-24-22-20-18-16-12-8-2/h49-54H,7-48H2,1-6H3. The van der Waals surface area contributed by atoms with Crippen LogP contribution >= 0.6 is 21.6 Å². The summed E-state index contributed by atoms with van der Waals surface area (Å²) in [5.41, 5.74) is 0. The molecule has 0 saturated heterocycles. The molecule has 2 fully saturated rings. The molecule has 0 amide bonds. The highest BCUT2D eigenvalue weighted by atomic mass is 33.1. The third kappa shape index (κ3) is 30.6. The van der Waals surface area contributed by atoms with Crippen LogP contribution in [0.5, 0.6) is 0 Å². The molecule has 58 heavy (non-hydrogen) atoms. The Morgan fingerprint density at radius 1 is 0.345 bits per heavy atom. The van der Waals surface area contributed by atoms with E-state index in [1.54, 1.807) is 12.8 Å². The van der Waals surface area contributed by atoms with E-state index in [0.29, 0.717) is 0 Å². The molecule has 0 aromatic heterocycles. The number of unbranched alkanes of at least 4 members (excludes halogenated alkanes) is 22. The van der Waals surface area contributed by atoms with Crippen molar-refractivity contribution in [2.75, 3.05) is 38.7 Å². The predicted octanol–water partition coefficient (Wildman–Crippen LogP) is 18.4. The minimum Gasteiger partial charge on any atom is -0.303 e. The molecular formula is C54H108N2S2. The van der Waals surface area contributed by atoms with E-state index in [1.807, 2.05) is 0 Å². The second kappa shape index (κ2) is 39.2. The summed E-state index contributed by atoms with van der Waals surface area (Å²) in [6.45, 7) is 11.9. The highest BCUT2D eigenvalue weighted by Gasteiger charge is 2.36. The van der Waals surface area contributed by atoms with Crippen LogP contribution in [0.25, 0.3) is 0 Å². The van der Waals surface area contributed by atoms with Crippen molar-refractivity contribution in [1.29, 1.82) is 0 Å². The fourth-order valence-electron chi connectivity index (χ4n) is 10.3. The van der Waals surface area contributed by atoms with Crippen molar-refractivity contribution in [3.05, 3.63) is 0 Å². The molecule has 2 aliphatic rings. The molecule has 2 saturated carbocycles. The largest absolute Gasteiger partial charge is 0.303 e. The van der Waals surface area contributed by atoms with Gasteiger partial charge < -0.3 is 9.80 Å². The molecular weight excluding hydrogens is 741 g/mol. The molecule has 2 nitrogen and oxygen atoms in total. The van der Waals surface area contributed by atoms with Gasteiger partial charge in [0.1, 0.15) is 0 Å². The first-order chi connectivity index (χ1) is 28.5. The zero-order valence-corrected chi connectivity index (χ0v) is 42.5. The van der Waals surface area contributed by atoms with E-state index in [9.17, 15) is 0 Å². The van der Waals surface area contributed by atoms with Crippen LogP contribution in [0.4, 0.5) is 0 Å². The second-order valence-corrected chi connectivity index (χ2v) is 22.9. The van der Waals surface area contributed by atoms with Crippen molar-refractivity contribution in [1.82, 2.24) is 9.80 Å². The topological polar surface area (TPSA) is 6.48 Å². The Morgan fingerprint density at radius 2 is 0.586 bits per heavy atom. The summed E-state index contributed by atoms with van der Waals surface area (Å²) in [5.74, 6) is 6.92. The van der Waals surface area contributed by atoms with E-state index in [4.69, 9.17) is 0 Å². The Morgan fingerprint density at radius 3 is 0.897 bits per heavy atom. The minimum absolute atomic E-state index is 0.801. The zero-order chi connectivity index (χ0) is 41.7. The van der Waals surface area contributed by atoms with E-state index >= 15 is 0 Å². The molecule has 0 aliphatic heterocycles. The first-order valence-corrected chi connectivity index (χ1v) is 29.7. The van der Waals surface area contributed by atoms with Crippen LogP contribution in [0, 0.1) is 23.7 Å². The number of hydrogen-bond donors (Lipinski definition) is 0. The van der Waals surface area contributed by atoms with Crippen LogP contribution < -0.4 is 0 Å². The minimum atomic E-state index is 0.801. The molecule has 0 aromatic carbocycles. The Kier molecular flexibility index (Phi) is 37.0. The smallest absolute Gasteiger partial charge is 0.0165 e. The normalized spacial score (nSPS) is 20.1. The molecule has 0 N–H and O–H groups in total. The summed E-state index contributed by atoms with van der Waals surface area (Å²) in [6.07, 6.45) is 55.6. The van der Waals surface area contributed by atoms with Gasteiger partial charge in [0.25, 0.3) is 0 Å². The van der Waals surface area contributed by atoms with Crippen LogP contribution in [0.1, 0.15) is 272 Å². The maximum Gasteiger partial charge on any atom is 0.0165 e. The number of nitrogens with zero attached hydrogens (tertiary/aromatic N) is 2. The molecule has 0 aromatic rings. The monoisotopic (exact) mass is 849 g/mol. The van der Waals surface area contributed by atoms with Crippen LogP contribution in [0.15, 0.2) is 0 Å². The summed E-state index contributed by atoms with van der Waals surface area (Å²) >= 11 is 0. The van der Waals surface area contributed by atoms with Crippen molar-refractivity contribution in [2.45, 2.75) is 284 Å². The summed E-state index contributed by atoms with van der Waals surface area (Å²) in [4.78, 5) is 5.51. The lowest BCUT2D eigenvalue weighted by molar-refractivity contribution is 0.221. The highest BCUT2D eigenvalue weighted by Crippen LogP contribution is 2.46. The van der Waals surface area contributed by atoms with Gasteiger partial charge in [0.2, 0.25) is 0 Å². The third-order valence-corrected chi connectivity index (χ3v) is 17.3. The second-order valence-electron chi connectivity index (χ2n) is 20.2. The van der Waals surface area contributed by atoms with E-state index in [-0.39, 0.29) is 0 Å². The van der Waals surface area contributed by atoms with Crippen molar-refractivity contribution < 1.29 is 0 Å². The van der Waals surface area contributed by atoms with Crippen LogP contribution in [-0.2, 0) is 0 Å². The first kappa shape index (κ1) is 54.8. The van der Waals surface area contributed by atoms with Gasteiger partial charge in [-0.2, -0.15) is 0 Å². The Labute approximate surface area is 375 Å². The highest BCUT2D eigenvalue weighted by molar-refractivity contribution is 8.76. The van der Waals surface area contributed by atoms with Gasteiger partial charge in [-0.05, 0) is 76.3 Å². The van der Waals surface area contributed by atoms with Gasteiger partial charge in [-0.25, -0.2) is 0 Å². The van der Waals surface area contributed by atoms with E-state index in [2.05, 4.69) is 73.2 Å². The Hall–Kier alpha value is 0.620. The summed E-state index contributed by atoms with van der Waals surface area (Å²) < 4.78 is 0. The maximum absolute atomic E-state index is 2.75. The van der Waals surface area contributed by atoms with Gasteiger partial charge in [0.15, 0.2) is 0 Å². The average Bonchev–Trinajstić information content (AvgIpc) is 4.16. The number of hydrogen-bond acceptors (Lipinski definition) is 4. The van der Waals surface area contributed by atoms with Crippen molar-refractivity contribution >= 4 is 21.6 Å². The quantitative estimate of drug-likeness (QED) is 0.0444. The molecule has 0 radical (unpaired) electrons. The molecule has 6 atom stereocenters. The van der Waals surface area contributed by atoms with Gasteiger partial charge in [-0.15, -0.1) is 0 Å². The SMILES string of the molecule is CCCCCCCCCCCC1CC1CCCCC(CCCCC)N(C)CCSSCCN(C)C(CCCCC)CCCCC1CC1CCCCCCCCCCC. The molecule has 6 unspecified atom stereocenters. The van der Waals surface area contributed by atoms with Gasteiger partial charge in [0.05, 0.1) is 0 Å². The van der Waals surface area contributed by atoms with Crippen molar-refractivity contribution in [3.8, 4) is 0 Å². The van der Waals surface area contributed by atoms with Crippen LogP contribution in [0.2, 0.25) is 0 Å². The third-order valence-electron chi connectivity index (χ3n) is 14.9. The van der Waals surface area contributed by atoms with Gasteiger partial charge in [-0.3, -0.25) is 0 Å². The number of rotatable bonds is 47. The molecule has 2 aliphatic carbocycles. The summed E-state index contributed by atoms with van der Waals surface area (Å²) in [5, 5.41) is 0. The average molecular weight is 850 g/mol. The molecule has 4 heteroatoms. The summed E-state index contributed by atoms with van der Waals surface area (Å²) in [6, 6.07) is 1.60. The predicted molar refractivity (Wildman–Crippen MR) is 270 cm³/mol. The van der Waals surface area contributed by atoms with Crippen LogP contribution in [-0.4, -0.2) is 60.6 Å². The Balaban J connectivity index is 1.52. The lowest BCUT2D eigenvalue weighted by Crippen LogP contribution is -2.34. The van der Waals surface area contributed by atoms with Crippen molar-refractivity contribution in [2.24, 2.45) is 23.7 Å². The van der Waals surface area contributed by atoms with E-state index < -0.39 is 0 Å². The van der Waals surface area contributed by atoms with E-state index in [0.717, 1.165) is 35.8 Å². The fourth-order valence-corrected chi connectivity index (χ4v) is 12.4. The maximum atomic E-state index is 2.75.